The van der Waals surface area contributed by atoms with Crippen LogP contribution in [0, 0.1) is 13.8 Å². The molecule has 0 fully saturated rings. The van der Waals surface area contributed by atoms with E-state index in [9.17, 15) is 9.59 Å². The van der Waals surface area contributed by atoms with Crippen LogP contribution in [0.3, 0.4) is 0 Å². The van der Waals surface area contributed by atoms with Crippen molar-refractivity contribution in [2.45, 2.75) is 93.9 Å². The topological polar surface area (TPSA) is 110 Å². The third-order valence-corrected chi connectivity index (χ3v) is 9.26. The largest absolute Gasteiger partial charge is 0.466 e. The van der Waals surface area contributed by atoms with Gasteiger partial charge in [0, 0.05) is 35.9 Å². The number of nitrogens with one attached hydrogen (secondary N) is 2. The molecule has 3 aromatic rings. The average molecular weight is 623 g/mol. The van der Waals surface area contributed by atoms with Gasteiger partial charge in [0.25, 0.3) is 0 Å². The first-order valence-corrected chi connectivity index (χ1v) is 16.4. The first kappa shape index (κ1) is 32.9. The molecule has 0 amide bonds. The summed E-state index contributed by atoms with van der Waals surface area (Å²) < 4.78 is 10.5. The minimum absolute atomic E-state index is 0.272. The summed E-state index contributed by atoms with van der Waals surface area (Å²) in [4.78, 5) is 40.7. The molecule has 242 valence electrons. The molecular weight excluding hydrogens is 576 g/mol. The number of aromatic nitrogens is 4. The molecule has 46 heavy (non-hydrogen) atoms. The molecule has 0 aromatic carbocycles. The molecule has 8 nitrogen and oxygen atoms in total. The number of hydrogen-bond acceptors (Lipinski definition) is 6. The van der Waals surface area contributed by atoms with E-state index in [-0.39, 0.29) is 11.9 Å². The van der Waals surface area contributed by atoms with Crippen LogP contribution < -0.4 is 0 Å². The molecule has 0 unspecified atom stereocenters. The number of esters is 2. The monoisotopic (exact) mass is 622 g/mol. The first-order valence-electron chi connectivity index (χ1n) is 16.4. The van der Waals surface area contributed by atoms with E-state index in [4.69, 9.17) is 19.4 Å². The second-order valence-electron chi connectivity index (χ2n) is 12.3. The molecule has 0 atom stereocenters. The Hall–Kier alpha value is -4.46. The maximum atomic E-state index is 11.4. The predicted octanol–water partition coefficient (Wildman–Crippen LogP) is 8.60. The number of carbonyl (C=O) groups excluding carboxylic acids is 2. The lowest BCUT2D eigenvalue weighted by atomic mass is 9.98. The van der Waals surface area contributed by atoms with Gasteiger partial charge in [-0.15, -0.1) is 0 Å². The second-order valence-corrected chi connectivity index (χ2v) is 12.3. The van der Waals surface area contributed by atoms with Crippen molar-refractivity contribution < 1.29 is 19.1 Å². The van der Waals surface area contributed by atoms with E-state index in [1.54, 1.807) is 0 Å². The van der Waals surface area contributed by atoms with E-state index < -0.39 is 0 Å². The first-order chi connectivity index (χ1) is 22.0. The highest BCUT2D eigenvalue weighted by molar-refractivity contribution is 5.95. The second kappa shape index (κ2) is 13.9. The summed E-state index contributed by atoms with van der Waals surface area (Å²) in [5.41, 5.74) is 17.4. The third kappa shape index (κ3) is 6.71. The molecule has 8 bridgehead atoms. The maximum absolute atomic E-state index is 11.4. The maximum Gasteiger partial charge on any atom is 0.302 e. The van der Waals surface area contributed by atoms with Crippen molar-refractivity contribution in [2.24, 2.45) is 0 Å². The number of aromatic amines is 2. The van der Waals surface area contributed by atoms with Gasteiger partial charge in [0.05, 0.1) is 36.0 Å². The fourth-order valence-electron chi connectivity index (χ4n) is 6.69. The van der Waals surface area contributed by atoms with Crippen LogP contribution in [-0.4, -0.2) is 45.1 Å². The van der Waals surface area contributed by atoms with Gasteiger partial charge >= 0.3 is 11.9 Å². The summed E-state index contributed by atoms with van der Waals surface area (Å²) in [6, 6.07) is 8.68. The van der Waals surface area contributed by atoms with Crippen LogP contribution in [-0.2, 0) is 31.9 Å². The van der Waals surface area contributed by atoms with Crippen LogP contribution in [0.25, 0.3) is 44.4 Å². The Balaban J connectivity index is 1.79. The fourth-order valence-corrected chi connectivity index (χ4v) is 6.69. The highest BCUT2D eigenvalue weighted by atomic mass is 16.5. The van der Waals surface area contributed by atoms with Crippen LogP contribution in [0.5, 0.6) is 0 Å². The van der Waals surface area contributed by atoms with Crippen molar-refractivity contribution in [3.8, 4) is 0 Å². The van der Waals surface area contributed by atoms with Crippen molar-refractivity contribution in [1.82, 2.24) is 19.9 Å². The van der Waals surface area contributed by atoms with Gasteiger partial charge in [-0.3, -0.25) is 9.59 Å². The van der Waals surface area contributed by atoms with Gasteiger partial charge in [-0.05, 0) is 135 Å². The van der Waals surface area contributed by atoms with Crippen LogP contribution in [0.15, 0.2) is 24.3 Å². The average Bonchev–Trinajstić information content (AvgIpc) is 3.66. The molecule has 8 heteroatoms. The number of rotatable bonds is 10. The van der Waals surface area contributed by atoms with E-state index >= 15 is 0 Å². The van der Waals surface area contributed by atoms with Crippen LogP contribution in [0.4, 0.5) is 0 Å². The zero-order valence-electron chi connectivity index (χ0n) is 28.5. The predicted molar refractivity (Wildman–Crippen MR) is 186 cm³/mol. The highest BCUT2D eigenvalue weighted by Crippen LogP contribution is 2.38. The summed E-state index contributed by atoms with van der Waals surface area (Å²) in [5.74, 6) is -0.544. The summed E-state index contributed by atoms with van der Waals surface area (Å²) >= 11 is 0. The number of H-pyrrole nitrogens is 2. The number of allylic oxidation sites excluding steroid dienone is 4. The number of ether oxygens (including phenoxy) is 2. The van der Waals surface area contributed by atoms with E-state index in [1.807, 2.05) is 0 Å². The summed E-state index contributed by atoms with van der Waals surface area (Å²) in [6.07, 6.45) is 4.65. The van der Waals surface area contributed by atoms with E-state index in [0.29, 0.717) is 26.1 Å². The zero-order chi connectivity index (χ0) is 33.1. The normalized spacial score (nSPS) is 13.0. The Morgan fingerprint density at radius 2 is 1.02 bits per heavy atom. The number of carbonyl (C=O) groups is 2. The van der Waals surface area contributed by atoms with Crippen LogP contribution in [0.2, 0.25) is 0 Å². The van der Waals surface area contributed by atoms with Crippen molar-refractivity contribution in [3.63, 3.8) is 0 Å². The lowest BCUT2D eigenvalue weighted by molar-refractivity contribution is -0.141. The molecule has 5 heterocycles. The van der Waals surface area contributed by atoms with Gasteiger partial charge in [-0.25, -0.2) is 9.97 Å². The fraction of sp³-hybridized carbons (Fsp3) is 0.421. The minimum Gasteiger partial charge on any atom is -0.466 e. The highest BCUT2D eigenvalue weighted by Gasteiger charge is 2.22. The Labute approximate surface area is 271 Å². The van der Waals surface area contributed by atoms with Gasteiger partial charge in [0.2, 0.25) is 0 Å². The summed E-state index contributed by atoms with van der Waals surface area (Å²) in [7, 11) is 0. The van der Waals surface area contributed by atoms with Crippen LogP contribution >= 0.6 is 0 Å². The summed E-state index contributed by atoms with van der Waals surface area (Å²) in [5, 5.41) is 0. The molecule has 3 aromatic heterocycles. The molecule has 0 saturated heterocycles. The molecule has 2 aliphatic rings. The van der Waals surface area contributed by atoms with Gasteiger partial charge in [-0.1, -0.05) is 13.8 Å². The van der Waals surface area contributed by atoms with Gasteiger partial charge < -0.3 is 19.4 Å². The lowest BCUT2D eigenvalue weighted by Gasteiger charge is -2.07. The molecule has 0 aliphatic carbocycles. The summed E-state index contributed by atoms with van der Waals surface area (Å²) in [6.45, 7) is 16.6. The SMILES string of the molecule is CCc1c(C)c2cc3[nH]c(cc4nc(cc5nc(cc1[nH]2)C(C)=C5CCCOC(C)=O)C(CCCOC(C)=O)=C4C)c(C)c3CC. The van der Waals surface area contributed by atoms with Gasteiger partial charge in [0.1, 0.15) is 0 Å². The van der Waals surface area contributed by atoms with E-state index in [0.717, 1.165) is 92.8 Å². The Morgan fingerprint density at radius 3 is 1.46 bits per heavy atom. The Morgan fingerprint density at radius 1 is 0.609 bits per heavy atom. The zero-order valence-corrected chi connectivity index (χ0v) is 28.5. The lowest BCUT2D eigenvalue weighted by Crippen LogP contribution is -2.01. The van der Waals surface area contributed by atoms with Gasteiger partial charge in [-0.2, -0.15) is 0 Å². The molecule has 0 saturated carbocycles. The Kier molecular flexibility index (Phi) is 9.94. The van der Waals surface area contributed by atoms with Crippen molar-refractivity contribution in [1.29, 1.82) is 0 Å². The number of hydrogen-bond donors (Lipinski definition) is 2. The molecule has 5 rings (SSSR count). The molecule has 0 radical (unpaired) electrons. The number of fused-ring (bicyclic) bond motifs is 8. The minimum atomic E-state index is -0.272. The molecule has 2 aliphatic heterocycles. The molecule has 2 N–H and O–H groups in total. The van der Waals surface area contributed by atoms with Crippen molar-refractivity contribution in [2.75, 3.05) is 13.2 Å². The van der Waals surface area contributed by atoms with E-state index in [2.05, 4.69) is 75.8 Å². The van der Waals surface area contributed by atoms with Crippen molar-refractivity contribution in [3.05, 3.63) is 69.3 Å². The Bertz CT molecular complexity index is 1920. The third-order valence-electron chi connectivity index (χ3n) is 9.26. The van der Waals surface area contributed by atoms with Crippen LogP contribution in [0.1, 0.15) is 112 Å². The molecule has 0 spiro atoms. The van der Waals surface area contributed by atoms with E-state index in [1.165, 1.54) is 36.1 Å². The van der Waals surface area contributed by atoms with Crippen molar-refractivity contribution >= 4 is 56.3 Å². The smallest absolute Gasteiger partial charge is 0.302 e. The molecular formula is C38H46N4O4. The number of aryl methyl sites for hydroxylation is 4. The van der Waals surface area contributed by atoms with Gasteiger partial charge in [0.15, 0.2) is 0 Å². The number of nitrogens with zero attached hydrogens (tertiary/aromatic N) is 2. The quantitative estimate of drug-likeness (QED) is 0.173. The standard InChI is InChI=1S/C38H46N4O4/c1-9-27-21(3)31-17-32-23(5)29(13-11-15-45-25(7)43)37(41-32)20-38-30(14-12-16-46-26(8)44)24(6)34(42-38)19-36-28(10-2)22(4)33(40-36)18-35(27)39-31/h17-20,39-40H,9-16H2,1-8H3.